The van der Waals surface area contributed by atoms with Crippen molar-refractivity contribution in [2.45, 2.75) is 63.0 Å². The molecular weight excluding hydrogens is 537 g/mol. The highest BCUT2D eigenvalue weighted by atomic mass is 32.2. The van der Waals surface area contributed by atoms with E-state index in [-0.39, 0.29) is 59.6 Å². The van der Waals surface area contributed by atoms with E-state index in [1.165, 1.54) is 19.2 Å². The standard InChI is InChI=1S/C29H38FN3O6S/c1-19-16-33(20(2)18-34)29(36)25-15-23(31-28(35)21-7-5-4-6-8-21)11-14-26(25)39-27(19)17-32(3)40(37,38)24-12-9-22(30)10-13-24/h9-15,19-21,27,34H,4-8,16-18H2,1-3H3,(H,31,35)/t19-,20+,27-/m0/s1. The number of halogens is 1. The van der Waals surface area contributed by atoms with Crippen LogP contribution in [0.3, 0.4) is 0 Å². The molecule has 1 fully saturated rings. The van der Waals surface area contributed by atoms with E-state index in [1.807, 2.05) is 6.92 Å². The molecule has 0 aromatic heterocycles. The Morgan fingerprint density at radius 2 is 1.85 bits per heavy atom. The van der Waals surface area contributed by atoms with Gasteiger partial charge in [0, 0.05) is 31.1 Å². The van der Waals surface area contributed by atoms with Gasteiger partial charge in [0.05, 0.1) is 29.7 Å². The van der Waals surface area contributed by atoms with Crippen LogP contribution in [-0.4, -0.2) is 73.4 Å². The summed E-state index contributed by atoms with van der Waals surface area (Å²) < 4.78 is 47.2. The third kappa shape index (κ3) is 6.64. The number of sulfonamides is 1. The lowest BCUT2D eigenvalue weighted by Gasteiger charge is -2.38. The van der Waals surface area contributed by atoms with Gasteiger partial charge in [-0.05, 0) is 62.2 Å². The Balaban J connectivity index is 1.62. The lowest BCUT2D eigenvalue weighted by Crippen LogP contribution is -2.50. The molecule has 11 heteroatoms. The number of rotatable bonds is 8. The minimum absolute atomic E-state index is 0.0317. The van der Waals surface area contributed by atoms with Gasteiger partial charge < -0.3 is 20.1 Å². The average molecular weight is 576 g/mol. The smallest absolute Gasteiger partial charge is 0.258 e. The zero-order chi connectivity index (χ0) is 29.0. The summed E-state index contributed by atoms with van der Waals surface area (Å²) in [6, 6.07) is 8.99. The van der Waals surface area contributed by atoms with Gasteiger partial charge in [0.2, 0.25) is 15.9 Å². The number of nitrogens with zero attached hydrogens (tertiary/aromatic N) is 2. The van der Waals surface area contributed by atoms with Crippen molar-refractivity contribution in [3.05, 3.63) is 53.8 Å². The lowest BCUT2D eigenvalue weighted by atomic mass is 9.88. The monoisotopic (exact) mass is 575 g/mol. The number of amides is 2. The fourth-order valence-electron chi connectivity index (χ4n) is 5.27. The van der Waals surface area contributed by atoms with Crippen LogP contribution in [0.5, 0.6) is 5.75 Å². The zero-order valence-corrected chi connectivity index (χ0v) is 24.0. The maximum Gasteiger partial charge on any atom is 0.258 e. The van der Waals surface area contributed by atoms with Crippen molar-refractivity contribution >= 4 is 27.5 Å². The zero-order valence-electron chi connectivity index (χ0n) is 23.2. The van der Waals surface area contributed by atoms with Crippen molar-refractivity contribution in [3.63, 3.8) is 0 Å². The molecule has 0 unspecified atom stereocenters. The molecule has 1 aliphatic carbocycles. The van der Waals surface area contributed by atoms with Crippen LogP contribution in [0.15, 0.2) is 47.4 Å². The lowest BCUT2D eigenvalue weighted by molar-refractivity contribution is -0.120. The van der Waals surface area contributed by atoms with Crippen LogP contribution in [-0.2, 0) is 14.8 Å². The molecule has 0 spiro atoms. The first-order chi connectivity index (χ1) is 19.0. The van der Waals surface area contributed by atoms with Gasteiger partial charge in [0.25, 0.3) is 5.91 Å². The molecule has 2 N–H and O–H groups in total. The minimum atomic E-state index is -3.93. The Morgan fingerprint density at radius 3 is 2.50 bits per heavy atom. The maximum atomic E-state index is 13.7. The molecule has 1 saturated carbocycles. The number of nitrogens with one attached hydrogen (secondary N) is 1. The van der Waals surface area contributed by atoms with Gasteiger partial charge >= 0.3 is 0 Å². The molecule has 0 saturated heterocycles. The fraction of sp³-hybridized carbons (Fsp3) is 0.517. The summed E-state index contributed by atoms with van der Waals surface area (Å²) in [5.74, 6) is -1.05. The summed E-state index contributed by atoms with van der Waals surface area (Å²) >= 11 is 0. The topological polar surface area (TPSA) is 116 Å². The van der Waals surface area contributed by atoms with E-state index in [9.17, 15) is 27.5 Å². The Kier molecular flexibility index (Phi) is 9.48. The van der Waals surface area contributed by atoms with Gasteiger partial charge in [-0.3, -0.25) is 9.59 Å². The van der Waals surface area contributed by atoms with E-state index in [2.05, 4.69) is 5.32 Å². The van der Waals surface area contributed by atoms with Crippen LogP contribution in [0.1, 0.15) is 56.3 Å². The van der Waals surface area contributed by atoms with Crippen molar-refractivity contribution in [2.24, 2.45) is 11.8 Å². The second kappa shape index (κ2) is 12.7. The van der Waals surface area contributed by atoms with Gasteiger partial charge in [0.15, 0.2) is 0 Å². The van der Waals surface area contributed by atoms with Gasteiger partial charge in [-0.25, -0.2) is 12.8 Å². The predicted molar refractivity (Wildman–Crippen MR) is 149 cm³/mol. The molecule has 9 nitrogen and oxygen atoms in total. The number of hydrogen-bond acceptors (Lipinski definition) is 6. The largest absolute Gasteiger partial charge is 0.488 e. The number of anilines is 1. The van der Waals surface area contributed by atoms with Gasteiger partial charge in [-0.2, -0.15) is 4.31 Å². The molecule has 1 heterocycles. The average Bonchev–Trinajstić information content (AvgIpc) is 2.95. The van der Waals surface area contributed by atoms with Crippen molar-refractivity contribution in [2.75, 3.05) is 32.1 Å². The summed E-state index contributed by atoms with van der Waals surface area (Å²) in [7, 11) is -2.51. The van der Waals surface area contributed by atoms with Crippen molar-refractivity contribution in [1.29, 1.82) is 0 Å². The molecule has 1 aliphatic heterocycles. The van der Waals surface area contributed by atoms with Gasteiger partial charge in [0.1, 0.15) is 17.7 Å². The summed E-state index contributed by atoms with van der Waals surface area (Å²) in [5, 5.41) is 12.8. The second-order valence-electron chi connectivity index (χ2n) is 10.9. The Morgan fingerprint density at radius 1 is 1.18 bits per heavy atom. The van der Waals surface area contributed by atoms with Crippen LogP contribution >= 0.6 is 0 Å². The van der Waals surface area contributed by atoms with Crippen molar-refractivity contribution < 1.29 is 32.2 Å². The summed E-state index contributed by atoms with van der Waals surface area (Å²) in [5.41, 5.74) is 0.701. The van der Waals surface area contributed by atoms with E-state index < -0.39 is 28.0 Å². The second-order valence-corrected chi connectivity index (χ2v) is 12.9. The number of aliphatic hydroxyl groups is 1. The van der Waals surface area contributed by atoms with Crippen molar-refractivity contribution in [3.8, 4) is 5.75 Å². The molecule has 40 heavy (non-hydrogen) atoms. The number of fused-ring (bicyclic) bond motifs is 1. The first-order valence-electron chi connectivity index (χ1n) is 13.8. The molecule has 0 bridgehead atoms. The summed E-state index contributed by atoms with van der Waals surface area (Å²) in [6.45, 7) is 3.53. The van der Waals surface area contributed by atoms with E-state index in [4.69, 9.17) is 4.74 Å². The molecule has 218 valence electrons. The molecule has 0 radical (unpaired) electrons. The first kappa shape index (κ1) is 30.0. The number of carbonyl (C=O) groups excluding carboxylic acids is 2. The highest BCUT2D eigenvalue weighted by Gasteiger charge is 2.35. The van der Waals surface area contributed by atoms with Crippen molar-refractivity contribution in [1.82, 2.24) is 9.21 Å². The molecule has 2 aromatic carbocycles. The van der Waals surface area contributed by atoms with E-state index in [1.54, 1.807) is 30.0 Å². The number of benzene rings is 2. The third-order valence-electron chi connectivity index (χ3n) is 7.87. The number of ether oxygens (including phenoxy) is 1. The van der Waals surface area contributed by atoms with Crippen LogP contribution < -0.4 is 10.1 Å². The Hall–Kier alpha value is -3.02. The number of aliphatic hydroxyl groups excluding tert-OH is 1. The van der Waals surface area contributed by atoms with Crippen LogP contribution in [0.2, 0.25) is 0 Å². The molecule has 2 amide bonds. The number of hydrogen-bond donors (Lipinski definition) is 2. The van der Waals surface area contributed by atoms with Crippen LogP contribution in [0.25, 0.3) is 0 Å². The van der Waals surface area contributed by atoms with E-state index in [0.717, 1.165) is 48.5 Å². The molecular formula is C29H38FN3O6S. The van der Waals surface area contributed by atoms with Gasteiger partial charge in [-0.1, -0.05) is 26.2 Å². The predicted octanol–water partition coefficient (Wildman–Crippen LogP) is 3.89. The third-order valence-corrected chi connectivity index (χ3v) is 9.70. The highest BCUT2D eigenvalue weighted by Crippen LogP contribution is 2.32. The summed E-state index contributed by atoms with van der Waals surface area (Å²) in [6.07, 6.45) is 4.21. The maximum absolute atomic E-state index is 13.7. The van der Waals surface area contributed by atoms with Crippen LogP contribution in [0.4, 0.5) is 10.1 Å². The summed E-state index contributed by atoms with van der Waals surface area (Å²) in [4.78, 5) is 28.0. The Labute approximate surface area is 235 Å². The number of likely N-dealkylation sites (N-methyl/N-ethyl adjacent to an activating group) is 1. The minimum Gasteiger partial charge on any atom is -0.488 e. The fourth-order valence-corrected chi connectivity index (χ4v) is 6.45. The first-order valence-corrected chi connectivity index (χ1v) is 15.2. The molecule has 2 aromatic rings. The number of carbonyl (C=O) groups is 2. The highest BCUT2D eigenvalue weighted by molar-refractivity contribution is 7.89. The molecule has 4 rings (SSSR count). The Bertz CT molecular complexity index is 1310. The van der Waals surface area contributed by atoms with E-state index in [0.29, 0.717) is 5.69 Å². The van der Waals surface area contributed by atoms with E-state index >= 15 is 0 Å². The van der Waals surface area contributed by atoms with Crippen LogP contribution in [0, 0.1) is 17.7 Å². The normalized spacial score (nSPS) is 21.2. The molecule has 2 aliphatic rings. The van der Waals surface area contributed by atoms with Gasteiger partial charge in [-0.15, -0.1) is 0 Å². The quantitative estimate of drug-likeness (QED) is 0.494. The molecule has 3 atom stereocenters. The SMILES string of the molecule is C[C@H](CO)N1C[C@H](C)[C@H](CN(C)S(=O)(=O)c2ccc(F)cc2)Oc2ccc(NC(=O)C3CCCCC3)cc2C1=O.